The third-order valence-corrected chi connectivity index (χ3v) is 2.43. The second-order valence-corrected chi connectivity index (χ2v) is 3.70. The first-order chi connectivity index (χ1) is 9.19. The summed E-state index contributed by atoms with van der Waals surface area (Å²) >= 11 is 0. The Morgan fingerprint density at radius 2 is 2.11 bits per heavy atom. The van der Waals surface area contributed by atoms with Gasteiger partial charge in [0, 0.05) is 25.3 Å². The van der Waals surface area contributed by atoms with Crippen LogP contribution in [0, 0.1) is 0 Å². The van der Waals surface area contributed by atoms with Crippen molar-refractivity contribution in [2.45, 2.75) is 20.1 Å². The number of para-hydroxylation sites is 1. The Morgan fingerprint density at radius 1 is 1.32 bits per heavy atom. The molecule has 1 aromatic rings. The first-order valence-corrected chi connectivity index (χ1v) is 6.08. The lowest BCUT2D eigenvalue weighted by atomic mass is 10.2. The van der Waals surface area contributed by atoms with Gasteiger partial charge >= 0.3 is 6.61 Å². The zero-order valence-corrected chi connectivity index (χ0v) is 11.1. The molecule has 0 radical (unpaired) electrons. The molecular formula is C13H19F2NO3. The topological polar surface area (TPSA) is 39.7 Å². The number of ether oxygens (including phenoxy) is 3. The zero-order valence-electron chi connectivity index (χ0n) is 11.1. The summed E-state index contributed by atoms with van der Waals surface area (Å²) in [5, 5.41) is 3.10. The molecule has 1 aromatic carbocycles. The fourth-order valence-electron chi connectivity index (χ4n) is 1.60. The van der Waals surface area contributed by atoms with Crippen LogP contribution in [0.15, 0.2) is 18.2 Å². The molecule has 0 aliphatic carbocycles. The van der Waals surface area contributed by atoms with Crippen molar-refractivity contribution in [3.05, 3.63) is 23.8 Å². The minimum Gasteiger partial charge on any atom is -0.493 e. The molecule has 0 amide bonds. The second-order valence-electron chi connectivity index (χ2n) is 3.70. The SMILES string of the molecule is CCOCCNCc1cccc(OC)c1OC(F)F. The molecule has 4 nitrogen and oxygen atoms in total. The lowest BCUT2D eigenvalue weighted by Crippen LogP contribution is -2.20. The van der Waals surface area contributed by atoms with Gasteiger partial charge < -0.3 is 19.5 Å². The Hall–Kier alpha value is -1.40. The van der Waals surface area contributed by atoms with E-state index in [2.05, 4.69) is 10.1 Å². The Kier molecular flexibility index (Phi) is 7.14. The van der Waals surface area contributed by atoms with Crippen LogP contribution in [-0.2, 0) is 11.3 Å². The van der Waals surface area contributed by atoms with E-state index in [1.807, 2.05) is 6.92 Å². The van der Waals surface area contributed by atoms with Gasteiger partial charge in [-0.15, -0.1) is 0 Å². The molecule has 0 bridgehead atoms. The number of benzene rings is 1. The van der Waals surface area contributed by atoms with Crippen LogP contribution in [0.3, 0.4) is 0 Å². The monoisotopic (exact) mass is 275 g/mol. The molecular weight excluding hydrogens is 256 g/mol. The van der Waals surface area contributed by atoms with E-state index in [-0.39, 0.29) is 5.75 Å². The standard InChI is InChI=1S/C13H19F2NO3/c1-3-18-8-7-16-9-10-5-4-6-11(17-2)12(10)19-13(14)15/h4-6,13,16H,3,7-9H2,1-2H3. The van der Waals surface area contributed by atoms with Gasteiger partial charge in [0.25, 0.3) is 0 Å². The Bertz CT molecular complexity index is 375. The number of methoxy groups -OCH3 is 1. The molecule has 0 heterocycles. The van der Waals surface area contributed by atoms with Crippen LogP contribution < -0.4 is 14.8 Å². The molecule has 0 spiro atoms. The smallest absolute Gasteiger partial charge is 0.387 e. The second kappa shape index (κ2) is 8.66. The van der Waals surface area contributed by atoms with E-state index in [0.29, 0.717) is 37.6 Å². The first-order valence-electron chi connectivity index (χ1n) is 6.08. The van der Waals surface area contributed by atoms with Gasteiger partial charge in [0.15, 0.2) is 11.5 Å². The molecule has 0 atom stereocenters. The molecule has 1 rings (SSSR count). The van der Waals surface area contributed by atoms with Crippen LogP contribution in [-0.4, -0.2) is 33.5 Å². The third-order valence-electron chi connectivity index (χ3n) is 2.43. The molecule has 0 unspecified atom stereocenters. The highest BCUT2D eigenvalue weighted by atomic mass is 19.3. The maximum atomic E-state index is 12.4. The van der Waals surface area contributed by atoms with Crippen molar-refractivity contribution in [1.82, 2.24) is 5.32 Å². The average Bonchev–Trinajstić information content (AvgIpc) is 2.39. The highest BCUT2D eigenvalue weighted by molar-refractivity contribution is 5.46. The van der Waals surface area contributed by atoms with Crippen LogP contribution in [0.5, 0.6) is 11.5 Å². The van der Waals surface area contributed by atoms with Gasteiger partial charge in [0.2, 0.25) is 0 Å². The number of hydrogen-bond acceptors (Lipinski definition) is 4. The van der Waals surface area contributed by atoms with Crippen LogP contribution in [0.4, 0.5) is 8.78 Å². The Labute approximate surface area is 111 Å². The van der Waals surface area contributed by atoms with Crippen molar-refractivity contribution < 1.29 is 23.0 Å². The van der Waals surface area contributed by atoms with E-state index < -0.39 is 6.61 Å². The fraction of sp³-hybridized carbons (Fsp3) is 0.538. The summed E-state index contributed by atoms with van der Waals surface area (Å²) in [4.78, 5) is 0. The van der Waals surface area contributed by atoms with E-state index >= 15 is 0 Å². The van der Waals surface area contributed by atoms with Gasteiger partial charge in [0.05, 0.1) is 13.7 Å². The van der Waals surface area contributed by atoms with E-state index in [4.69, 9.17) is 9.47 Å². The zero-order chi connectivity index (χ0) is 14.1. The minimum atomic E-state index is -2.88. The molecule has 0 saturated carbocycles. The summed E-state index contributed by atoms with van der Waals surface area (Å²) in [5.74, 6) is 0.369. The van der Waals surface area contributed by atoms with Crippen LogP contribution in [0.2, 0.25) is 0 Å². The Morgan fingerprint density at radius 3 is 2.74 bits per heavy atom. The number of alkyl halides is 2. The molecule has 0 fully saturated rings. The molecule has 0 saturated heterocycles. The van der Waals surface area contributed by atoms with Crippen molar-refractivity contribution in [2.75, 3.05) is 26.9 Å². The quantitative estimate of drug-likeness (QED) is 0.703. The average molecular weight is 275 g/mol. The molecule has 0 aromatic heterocycles. The maximum absolute atomic E-state index is 12.4. The van der Waals surface area contributed by atoms with Crippen molar-refractivity contribution in [3.8, 4) is 11.5 Å². The van der Waals surface area contributed by atoms with Crippen molar-refractivity contribution in [1.29, 1.82) is 0 Å². The molecule has 108 valence electrons. The number of hydrogen-bond donors (Lipinski definition) is 1. The van der Waals surface area contributed by atoms with E-state index in [0.717, 1.165) is 0 Å². The fourth-order valence-corrected chi connectivity index (χ4v) is 1.60. The van der Waals surface area contributed by atoms with Gasteiger partial charge in [-0.3, -0.25) is 0 Å². The third kappa shape index (κ3) is 5.40. The predicted octanol–water partition coefficient (Wildman–Crippen LogP) is 2.42. The number of nitrogens with one attached hydrogen (secondary N) is 1. The molecule has 1 N–H and O–H groups in total. The van der Waals surface area contributed by atoms with Gasteiger partial charge in [-0.05, 0) is 13.0 Å². The van der Waals surface area contributed by atoms with Crippen molar-refractivity contribution in [3.63, 3.8) is 0 Å². The van der Waals surface area contributed by atoms with E-state index in [1.165, 1.54) is 7.11 Å². The summed E-state index contributed by atoms with van der Waals surface area (Å²) in [5.41, 5.74) is 0.621. The molecule has 0 aliphatic rings. The molecule has 6 heteroatoms. The maximum Gasteiger partial charge on any atom is 0.387 e. The highest BCUT2D eigenvalue weighted by Gasteiger charge is 2.14. The largest absolute Gasteiger partial charge is 0.493 e. The van der Waals surface area contributed by atoms with Gasteiger partial charge in [0.1, 0.15) is 0 Å². The highest BCUT2D eigenvalue weighted by Crippen LogP contribution is 2.32. The first kappa shape index (κ1) is 15.7. The summed E-state index contributed by atoms with van der Waals surface area (Å²) in [6.45, 7) is 1.31. The summed E-state index contributed by atoms with van der Waals surface area (Å²) < 4.78 is 39.5. The summed E-state index contributed by atoms with van der Waals surface area (Å²) in [7, 11) is 1.42. The van der Waals surface area contributed by atoms with E-state index in [9.17, 15) is 8.78 Å². The Balaban J connectivity index is 2.64. The van der Waals surface area contributed by atoms with Crippen LogP contribution in [0.1, 0.15) is 12.5 Å². The summed E-state index contributed by atoms with van der Waals surface area (Å²) in [6.07, 6.45) is 0. The van der Waals surface area contributed by atoms with Gasteiger partial charge in [-0.2, -0.15) is 8.78 Å². The predicted molar refractivity (Wildman–Crippen MR) is 67.8 cm³/mol. The van der Waals surface area contributed by atoms with Crippen molar-refractivity contribution in [2.24, 2.45) is 0 Å². The lowest BCUT2D eigenvalue weighted by Gasteiger charge is -2.14. The van der Waals surface area contributed by atoms with Crippen molar-refractivity contribution >= 4 is 0 Å². The lowest BCUT2D eigenvalue weighted by molar-refractivity contribution is -0.0518. The molecule has 0 aliphatic heterocycles. The summed E-state index contributed by atoms with van der Waals surface area (Å²) in [6, 6.07) is 5.03. The molecule has 19 heavy (non-hydrogen) atoms. The normalized spacial score (nSPS) is 10.8. The van der Waals surface area contributed by atoms with Gasteiger partial charge in [-0.1, -0.05) is 12.1 Å². The number of halogens is 2. The van der Waals surface area contributed by atoms with Gasteiger partial charge in [-0.25, -0.2) is 0 Å². The number of rotatable bonds is 9. The van der Waals surface area contributed by atoms with Crippen LogP contribution in [0.25, 0.3) is 0 Å². The van der Waals surface area contributed by atoms with E-state index in [1.54, 1.807) is 18.2 Å². The van der Waals surface area contributed by atoms with Crippen LogP contribution >= 0.6 is 0 Å². The minimum absolute atomic E-state index is 0.0731.